The molecule has 136 valence electrons. The van der Waals surface area contributed by atoms with E-state index in [2.05, 4.69) is 0 Å². The Balaban J connectivity index is 2.07. The van der Waals surface area contributed by atoms with Crippen LogP contribution >= 0.6 is 11.6 Å². The summed E-state index contributed by atoms with van der Waals surface area (Å²) in [6.45, 7) is 2.01. The van der Waals surface area contributed by atoms with Crippen LogP contribution in [0.1, 0.15) is 68.6 Å². The monoisotopic (exact) mass is 364 g/mol. The van der Waals surface area contributed by atoms with Crippen molar-refractivity contribution in [2.75, 3.05) is 6.61 Å². The lowest BCUT2D eigenvalue weighted by Crippen LogP contribution is -2.06. The highest BCUT2D eigenvalue weighted by Gasteiger charge is 2.25. The van der Waals surface area contributed by atoms with Crippen molar-refractivity contribution in [3.8, 4) is 5.75 Å². The van der Waals surface area contributed by atoms with Gasteiger partial charge < -0.3 is 4.74 Å². The lowest BCUT2D eigenvalue weighted by atomic mass is 10.1. The van der Waals surface area contributed by atoms with E-state index in [-0.39, 0.29) is 12.2 Å². The number of rotatable bonds is 11. The summed E-state index contributed by atoms with van der Waals surface area (Å²) in [4.78, 5) is 11.4. The van der Waals surface area contributed by atoms with E-state index in [1.807, 2.05) is 0 Å². The van der Waals surface area contributed by atoms with Crippen molar-refractivity contribution < 1.29 is 22.7 Å². The fraction of sp³-hybridized carbons (Fsp3) is 0.611. The molecule has 0 spiro atoms. The van der Waals surface area contributed by atoms with E-state index in [1.165, 1.54) is 6.92 Å². The Bertz CT molecular complexity index is 515. The molecule has 1 aromatic rings. The van der Waals surface area contributed by atoms with Crippen LogP contribution in [0.2, 0.25) is 5.02 Å². The average Bonchev–Trinajstić information content (AvgIpc) is 2.47. The Morgan fingerprint density at radius 3 is 2.17 bits per heavy atom. The lowest BCUT2D eigenvalue weighted by molar-refractivity contribution is -0.135. The second kappa shape index (κ2) is 10.6. The summed E-state index contributed by atoms with van der Waals surface area (Å²) >= 11 is 5.94. The van der Waals surface area contributed by atoms with Crippen LogP contribution in [0.25, 0.3) is 0 Å². The maximum Gasteiger partial charge on any atom is 0.389 e. The number of hydrogen-bond donors (Lipinski definition) is 0. The molecule has 6 heteroatoms. The van der Waals surface area contributed by atoms with Gasteiger partial charge in [0.25, 0.3) is 0 Å². The Kier molecular flexibility index (Phi) is 9.19. The first-order valence-electron chi connectivity index (χ1n) is 8.29. The molecular weight excluding hydrogens is 341 g/mol. The molecule has 0 aliphatic heterocycles. The molecule has 0 aromatic heterocycles. The SMILES string of the molecule is CC(=O)c1cc(Cl)cc(OCCCCCCCCCC(F)(F)F)c1. The smallest absolute Gasteiger partial charge is 0.389 e. The Hall–Kier alpha value is -1.23. The summed E-state index contributed by atoms with van der Waals surface area (Å²) in [6, 6.07) is 4.96. The van der Waals surface area contributed by atoms with E-state index in [4.69, 9.17) is 16.3 Å². The van der Waals surface area contributed by atoms with Gasteiger partial charge in [-0.2, -0.15) is 13.2 Å². The highest BCUT2D eigenvalue weighted by molar-refractivity contribution is 6.31. The van der Waals surface area contributed by atoms with Crippen molar-refractivity contribution in [3.05, 3.63) is 28.8 Å². The number of hydrogen-bond acceptors (Lipinski definition) is 2. The number of ketones is 1. The van der Waals surface area contributed by atoms with Crippen molar-refractivity contribution >= 4 is 17.4 Å². The van der Waals surface area contributed by atoms with Gasteiger partial charge in [0, 0.05) is 17.0 Å². The molecule has 1 aromatic carbocycles. The fourth-order valence-corrected chi connectivity index (χ4v) is 2.58. The number of carbonyl (C=O) groups excluding carboxylic acids is 1. The molecule has 0 radical (unpaired) electrons. The largest absolute Gasteiger partial charge is 0.494 e. The van der Waals surface area contributed by atoms with Gasteiger partial charge in [0.15, 0.2) is 5.78 Å². The third-order valence-electron chi connectivity index (χ3n) is 3.65. The molecule has 1 rings (SSSR count). The van der Waals surface area contributed by atoms with Crippen LogP contribution in [0.15, 0.2) is 18.2 Å². The van der Waals surface area contributed by atoms with Gasteiger partial charge in [0.2, 0.25) is 0 Å². The maximum atomic E-state index is 12.0. The van der Waals surface area contributed by atoms with Gasteiger partial charge in [-0.05, 0) is 38.0 Å². The molecular formula is C18H24ClF3O2. The van der Waals surface area contributed by atoms with Crippen LogP contribution in [0.5, 0.6) is 5.75 Å². The third-order valence-corrected chi connectivity index (χ3v) is 3.87. The molecule has 0 aliphatic rings. The van der Waals surface area contributed by atoms with Crippen LogP contribution < -0.4 is 4.74 Å². The molecule has 0 amide bonds. The van der Waals surface area contributed by atoms with Crippen molar-refractivity contribution in [1.29, 1.82) is 0 Å². The number of ether oxygens (including phenoxy) is 1. The molecule has 24 heavy (non-hydrogen) atoms. The van der Waals surface area contributed by atoms with E-state index >= 15 is 0 Å². The third kappa shape index (κ3) is 9.81. The number of carbonyl (C=O) groups is 1. The number of alkyl halides is 3. The van der Waals surface area contributed by atoms with Crippen molar-refractivity contribution in [3.63, 3.8) is 0 Å². The van der Waals surface area contributed by atoms with Gasteiger partial charge in [-0.3, -0.25) is 4.79 Å². The molecule has 0 aliphatic carbocycles. The fourth-order valence-electron chi connectivity index (χ4n) is 2.35. The van der Waals surface area contributed by atoms with E-state index in [0.29, 0.717) is 29.4 Å². The summed E-state index contributed by atoms with van der Waals surface area (Å²) in [5.41, 5.74) is 0.524. The molecule has 2 nitrogen and oxygen atoms in total. The predicted octanol–water partition coefficient (Wildman–Crippen LogP) is 6.60. The van der Waals surface area contributed by atoms with Gasteiger partial charge in [-0.1, -0.05) is 43.7 Å². The normalized spacial score (nSPS) is 11.5. The number of benzene rings is 1. The minimum atomic E-state index is -4.03. The highest BCUT2D eigenvalue weighted by atomic mass is 35.5. The van der Waals surface area contributed by atoms with Gasteiger partial charge in [-0.15, -0.1) is 0 Å². The van der Waals surface area contributed by atoms with Crippen LogP contribution in [0, 0.1) is 0 Å². The van der Waals surface area contributed by atoms with Gasteiger partial charge >= 0.3 is 6.18 Å². The van der Waals surface area contributed by atoms with Gasteiger partial charge in [-0.25, -0.2) is 0 Å². The minimum absolute atomic E-state index is 0.0622. The Labute approximate surface area is 146 Å². The summed E-state index contributed by atoms with van der Waals surface area (Å²) in [5.74, 6) is 0.521. The molecule has 0 unspecified atom stereocenters. The standard InChI is InChI=1S/C18H24ClF3O2/c1-14(23)15-11-16(19)13-17(12-15)24-10-8-6-4-2-3-5-7-9-18(20,21)22/h11-13H,2-10H2,1H3. The number of Topliss-reactive ketones (excluding diaryl/α,β-unsaturated/α-hetero) is 1. The zero-order chi connectivity index (χ0) is 18.0. The van der Waals surface area contributed by atoms with Crippen molar-refractivity contribution in [2.45, 2.75) is 64.5 Å². The second-order valence-corrected chi connectivity index (χ2v) is 6.36. The second-order valence-electron chi connectivity index (χ2n) is 5.92. The lowest BCUT2D eigenvalue weighted by Gasteiger charge is -2.08. The number of halogens is 4. The van der Waals surface area contributed by atoms with Crippen molar-refractivity contribution in [2.24, 2.45) is 0 Å². The van der Waals surface area contributed by atoms with Gasteiger partial charge in [0.05, 0.1) is 6.61 Å². The maximum absolute atomic E-state index is 12.0. The summed E-state index contributed by atoms with van der Waals surface area (Å²) in [7, 11) is 0. The summed E-state index contributed by atoms with van der Waals surface area (Å²) < 4.78 is 41.5. The summed E-state index contributed by atoms with van der Waals surface area (Å²) in [5, 5.41) is 0.469. The van der Waals surface area contributed by atoms with Crippen molar-refractivity contribution in [1.82, 2.24) is 0 Å². The highest BCUT2D eigenvalue weighted by Crippen LogP contribution is 2.23. The zero-order valence-corrected chi connectivity index (χ0v) is 14.7. The van der Waals surface area contributed by atoms with E-state index < -0.39 is 12.6 Å². The van der Waals surface area contributed by atoms with Crippen LogP contribution in [-0.4, -0.2) is 18.6 Å². The predicted molar refractivity (Wildman–Crippen MR) is 89.9 cm³/mol. The van der Waals surface area contributed by atoms with Crippen LogP contribution in [0.3, 0.4) is 0 Å². The molecule has 0 saturated heterocycles. The van der Waals surface area contributed by atoms with E-state index in [9.17, 15) is 18.0 Å². The van der Waals surface area contributed by atoms with E-state index in [1.54, 1.807) is 18.2 Å². The summed E-state index contributed by atoms with van der Waals surface area (Å²) in [6.07, 6.45) is 0.763. The molecule has 0 bridgehead atoms. The average molecular weight is 365 g/mol. The zero-order valence-electron chi connectivity index (χ0n) is 13.9. The Morgan fingerprint density at radius 1 is 1.00 bits per heavy atom. The topological polar surface area (TPSA) is 26.3 Å². The molecule has 0 N–H and O–H groups in total. The van der Waals surface area contributed by atoms with Crippen LogP contribution in [-0.2, 0) is 0 Å². The molecule has 0 saturated carbocycles. The first-order chi connectivity index (χ1) is 11.3. The van der Waals surface area contributed by atoms with E-state index in [0.717, 1.165) is 32.1 Å². The molecule has 0 fully saturated rings. The first kappa shape index (κ1) is 20.8. The Morgan fingerprint density at radius 2 is 1.58 bits per heavy atom. The molecule has 0 atom stereocenters. The van der Waals surface area contributed by atoms with Gasteiger partial charge in [0.1, 0.15) is 5.75 Å². The molecule has 0 heterocycles. The minimum Gasteiger partial charge on any atom is -0.494 e. The first-order valence-corrected chi connectivity index (χ1v) is 8.67. The quantitative estimate of drug-likeness (QED) is 0.326. The number of unbranched alkanes of at least 4 members (excludes halogenated alkanes) is 6. The van der Waals surface area contributed by atoms with Crippen LogP contribution in [0.4, 0.5) is 13.2 Å².